The van der Waals surface area contributed by atoms with Gasteiger partial charge in [-0.05, 0) is 6.92 Å². The Morgan fingerprint density at radius 1 is 0.808 bits per heavy atom. The Balaban J connectivity index is 3.85. The van der Waals surface area contributed by atoms with Crippen molar-refractivity contribution in [3.05, 3.63) is 25.0 Å². The molecule has 0 spiro atoms. The highest BCUT2D eigenvalue weighted by atomic mass is 17.2. The van der Waals surface area contributed by atoms with Crippen LogP contribution in [0.15, 0.2) is 25.0 Å². The molecule has 0 aliphatic heterocycles. The van der Waals surface area contributed by atoms with Crippen molar-refractivity contribution in [1.29, 1.82) is 0 Å². The minimum absolute atomic E-state index is 0.0179. The molecule has 0 aromatic carbocycles. The van der Waals surface area contributed by atoms with Crippen molar-refractivity contribution < 1.29 is 48.0 Å². The van der Waals surface area contributed by atoms with Crippen LogP contribution in [0.1, 0.15) is 6.92 Å². The van der Waals surface area contributed by atoms with E-state index in [0.29, 0.717) is 0 Å². The highest BCUT2D eigenvalue weighted by molar-refractivity contribution is 5.76. The van der Waals surface area contributed by atoms with Gasteiger partial charge in [0.05, 0.1) is 40.6 Å². The lowest BCUT2D eigenvalue weighted by Crippen LogP contribution is -2.28. The second-order valence-corrected chi connectivity index (χ2v) is 4.64. The minimum atomic E-state index is -0.373. The van der Waals surface area contributed by atoms with Crippen LogP contribution in [0.25, 0.3) is 0 Å². The molecule has 10 nitrogen and oxygen atoms in total. The number of ether oxygens (including phenoxy) is 5. The zero-order valence-electron chi connectivity index (χ0n) is 15.4. The third kappa shape index (κ3) is 18.5. The molecule has 0 saturated carbocycles. The van der Waals surface area contributed by atoms with Crippen LogP contribution >= 0.6 is 0 Å². The summed E-state index contributed by atoms with van der Waals surface area (Å²) in [4.78, 5) is 29.9. The van der Waals surface area contributed by atoms with E-state index in [1.54, 1.807) is 0 Å². The first-order chi connectivity index (χ1) is 12.7. The molecule has 0 bridgehead atoms. The van der Waals surface area contributed by atoms with E-state index in [1.165, 1.54) is 46.2 Å². The summed E-state index contributed by atoms with van der Waals surface area (Å²) in [6, 6.07) is 0. The van der Waals surface area contributed by atoms with Gasteiger partial charge in [0.25, 0.3) is 0 Å². The fraction of sp³-hybridized carbons (Fsp3) is 0.688. The average Bonchev–Trinajstić information content (AvgIpc) is 2.62. The van der Waals surface area contributed by atoms with Crippen molar-refractivity contribution >= 4 is 5.78 Å². The molecule has 1 atom stereocenters. The Morgan fingerprint density at radius 3 is 1.96 bits per heavy atom. The van der Waals surface area contributed by atoms with Gasteiger partial charge in [0.1, 0.15) is 38.4 Å². The summed E-state index contributed by atoms with van der Waals surface area (Å²) in [5.41, 5.74) is 0. The molecule has 0 radical (unpaired) electrons. The van der Waals surface area contributed by atoms with Crippen LogP contribution in [0.5, 0.6) is 0 Å². The van der Waals surface area contributed by atoms with Crippen LogP contribution in [0.3, 0.4) is 0 Å². The average molecular weight is 380 g/mol. The van der Waals surface area contributed by atoms with Crippen LogP contribution in [0.2, 0.25) is 0 Å². The summed E-state index contributed by atoms with van der Waals surface area (Å²) >= 11 is 0. The van der Waals surface area contributed by atoms with E-state index in [-0.39, 0.29) is 58.1 Å². The van der Waals surface area contributed by atoms with Crippen molar-refractivity contribution in [3.8, 4) is 0 Å². The molecule has 0 N–H and O–H groups in total. The Labute approximate surface area is 153 Å². The Kier molecular flexibility index (Phi) is 18.1. The Bertz CT molecular complexity index is 372. The smallest absolute Gasteiger partial charge is 0.163 e. The molecule has 0 rings (SSSR count). The number of hydrogen-bond acceptors (Lipinski definition) is 10. The quantitative estimate of drug-likeness (QED) is 0.140. The lowest BCUT2D eigenvalue weighted by molar-refractivity contribution is -0.261. The van der Waals surface area contributed by atoms with Gasteiger partial charge < -0.3 is 33.5 Å². The summed E-state index contributed by atoms with van der Waals surface area (Å²) in [6.07, 6.45) is 4.78. The summed E-state index contributed by atoms with van der Waals surface area (Å²) in [5, 5.41) is 0. The fourth-order valence-corrected chi connectivity index (χ4v) is 1.37. The molecule has 152 valence electrons. The van der Waals surface area contributed by atoms with Gasteiger partial charge in [0.15, 0.2) is 18.3 Å². The number of rotatable bonds is 19. The van der Waals surface area contributed by atoms with Gasteiger partial charge in [-0.2, -0.15) is 9.78 Å². The zero-order chi connectivity index (χ0) is 19.3. The molecule has 0 fully saturated rings. The number of hydrogen-bond donors (Lipinski definition) is 0. The molecule has 0 aromatic heterocycles. The molecule has 0 amide bonds. The SMILES string of the molecule is CO/C=C\OOCCOC(COCCOO/C=C/OC)COCC(C)=O. The van der Waals surface area contributed by atoms with E-state index >= 15 is 0 Å². The lowest BCUT2D eigenvalue weighted by Gasteiger charge is -2.17. The summed E-state index contributed by atoms with van der Waals surface area (Å²) in [6.45, 7) is 2.87. The maximum atomic E-state index is 10.9. The molecule has 26 heavy (non-hydrogen) atoms. The second-order valence-electron chi connectivity index (χ2n) is 4.64. The highest BCUT2D eigenvalue weighted by Crippen LogP contribution is 1.97. The van der Waals surface area contributed by atoms with Gasteiger partial charge in [-0.25, -0.2) is 0 Å². The van der Waals surface area contributed by atoms with Gasteiger partial charge in [0.2, 0.25) is 0 Å². The fourth-order valence-electron chi connectivity index (χ4n) is 1.37. The Hall–Kier alpha value is -1.85. The van der Waals surface area contributed by atoms with E-state index in [1.807, 2.05) is 0 Å². The summed E-state index contributed by atoms with van der Waals surface area (Å²) < 4.78 is 25.5. The van der Waals surface area contributed by atoms with Crippen LogP contribution in [0.4, 0.5) is 0 Å². The predicted molar refractivity (Wildman–Crippen MR) is 88.4 cm³/mol. The van der Waals surface area contributed by atoms with Gasteiger partial charge in [-0.15, -0.1) is 0 Å². The van der Waals surface area contributed by atoms with Crippen LogP contribution in [-0.4, -0.2) is 72.4 Å². The molecule has 1 unspecified atom stereocenters. The van der Waals surface area contributed by atoms with Gasteiger partial charge in [-0.1, -0.05) is 0 Å². The van der Waals surface area contributed by atoms with Crippen molar-refractivity contribution in [2.24, 2.45) is 0 Å². The van der Waals surface area contributed by atoms with Gasteiger partial charge >= 0.3 is 0 Å². The van der Waals surface area contributed by atoms with Crippen molar-refractivity contribution in [3.63, 3.8) is 0 Å². The van der Waals surface area contributed by atoms with E-state index < -0.39 is 0 Å². The van der Waals surface area contributed by atoms with Crippen LogP contribution in [-0.2, 0) is 48.0 Å². The predicted octanol–water partition coefficient (Wildman–Crippen LogP) is 1.13. The lowest BCUT2D eigenvalue weighted by atomic mass is 10.4. The van der Waals surface area contributed by atoms with E-state index in [4.69, 9.17) is 24.0 Å². The number of carbonyl (C=O) groups excluding carboxylic acids is 1. The maximum absolute atomic E-state index is 10.9. The van der Waals surface area contributed by atoms with E-state index in [0.717, 1.165) is 0 Å². The number of Topliss-reactive ketones (excluding diaryl/α,β-unsaturated/α-hetero) is 1. The summed E-state index contributed by atoms with van der Waals surface area (Å²) in [7, 11) is 2.98. The molecule has 0 aliphatic rings. The molecule has 0 aromatic rings. The largest absolute Gasteiger partial charge is 0.501 e. The monoisotopic (exact) mass is 380 g/mol. The molecule has 0 saturated heterocycles. The van der Waals surface area contributed by atoms with Crippen molar-refractivity contribution in [2.45, 2.75) is 13.0 Å². The molecular weight excluding hydrogens is 352 g/mol. The zero-order valence-corrected chi connectivity index (χ0v) is 15.4. The Morgan fingerprint density at radius 2 is 1.38 bits per heavy atom. The molecule has 0 aliphatic carbocycles. The van der Waals surface area contributed by atoms with Crippen LogP contribution in [0, 0.1) is 0 Å². The maximum Gasteiger partial charge on any atom is 0.163 e. The first kappa shape index (κ1) is 24.1. The van der Waals surface area contributed by atoms with Gasteiger partial charge in [-0.3, -0.25) is 4.79 Å². The number of carbonyl (C=O) groups is 1. The van der Waals surface area contributed by atoms with Crippen molar-refractivity contribution in [1.82, 2.24) is 0 Å². The molecule has 0 heterocycles. The van der Waals surface area contributed by atoms with Crippen molar-refractivity contribution in [2.75, 3.05) is 60.5 Å². The van der Waals surface area contributed by atoms with Crippen LogP contribution < -0.4 is 0 Å². The van der Waals surface area contributed by atoms with Gasteiger partial charge in [0, 0.05) is 0 Å². The number of methoxy groups -OCH3 is 2. The summed E-state index contributed by atoms with van der Waals surface area (Å²) in [5.74, 6) is -0.0685. The van der Waals surface area contributed by atoms with E-state index in [9.17, 15) is 4.79 Å². The normalized spacial score (nSPS) is 12.4. The molecular formula is C16H28O10. The third-order valence-electron chi connectivity index (χ3n) is 2.37. The minimum Gasteiger partial charge on any atom is -0.501 e. The first-order valence-electron chi connectivity index (χ1n) is 7.89. The standard InChI is InChI=1S/C16H28O10/c1-15(17)12-21-14-16(22-7-11-26-24-9-5-19-3)13-20-6-10-25-23-8-4-18-2/h4-5,8-9,16H,6-7,10-14H2,1-3H3/b8-4+,9-5-. The topological polar surface area (TPSA) is 100 Å². The van der Waals surface area contributed by atoms with E-state index in [2.05, 4.69) is 19.2 Å². The third-order valence-corrected chi connectivity index (χ3v) is 2.37. The first-order valence-corrected chi connectivity index (χ1v) is 7.89. The highest BCUT2D eigenvalue weighted by Gasteiger charge is 2.11. The number of ketones is 1. The second kappa shape index (κ2) is 19.5. The molecule has 10 heteroatoms.